The van der Waals surface area contributed by atoms with Gasteiger partial charge in [-0.05, 0) is 41.3 Å². The lowest BCUT2D eigenvalue weighted by atomic mass is 9.81. The average molecular weight is 522 g/mol. The van der Waals surface area contributed by atoms with Gasteiger partial charge in [-0.3, -0.25) is 4.79 Å². The second-order valence-corrected chi connectivity index (χ2v) is 8.51. The van der Waals surface area contributed by atoms with Gasteiger partial charge in [0.15, 0.2) is 12.3 Å². The topological polar surface area (TPSA) is 102 Å². The first-order chi connectivity index (χ1) is 17.0. The number of ether oxygens (including phenoxy) is 2. The van der Waals surface area contributed by atoms with E-state index >= 15 is 0 Å². The second-order valence-electron chi connectivity index (χ2n) is 8.11. The van der Waals surface area contributed by atoms with E-state index < -0.39 is 24.0 Å². The molecule has 0 spiro atoms. The number of anilines is 1. The summed E-state index contributed by atoms with van der Waals surface area (Å²) in [7, 11) is 1.48. The molecule has 2 aromatic carbocycles. The van der Waals surface area contributed by atoms with E-state index in [0.29, 0.717) is 5.75 Å². The number of amides is 1. The molecule has 12 heteroatoms. The Morgan fingerprint density at radius 3 is 2.56 bits per heavy atom. The quantitative estimate of drug-likeness (QED) is 0.462. The Balaban J connectivity index is 1.62. The third-order valence-corrected chi connectivity index (χ3v) is 6.14. The zero-order valence-electron chi connectivity index (χ0n) is 18.9. The molecule has 2 atom stereocenters. The van der Waals surface area contributed by atoms with Crippen molar-refractivity contribution in [2.24, 2.45) is 0 Å². The van der Waals surface area contributed by atoms with Gasteiger partial charge in [0.2, 0.25) is 5.88 Å². The van der Waals surface area contributed by atoms with Gasteiger partial charge in [0.25, 0.3) is 5.91 Å². The van der Waals surface area contributed by atoms with Crippen LogP contribution in [-0.4, -0.2) is 46.8 Å². The highest BCUT2D eigenvalue weighted by Gasteiger charge is 2.45. The fraction of sp³-hybridized carbons (Fsp3) is 0.250. The van der Waals surface area contributed by atoms with E-state index in [1.807, 2.05) is 0 Å². The Morgan fingerprint density at radius 1 is 1.19 bits per heavy atom. The number of aromatic carboxylic acids is 1. The number of hydrogen-bond donors (Lipinski definition) is 1. The number of hydrogen-bond acceptors (Lipinski definition) is 6. The minimum absolute atomic E-state index is 0.0139. The first kappa shape index (κ1) is 25.2. The predicted octanol–water partition coefficient (Wildman–Crippen LogP) is 5.43. The van der Waals surface area contributed by atoms with E-state index in [9.17, 15) is 22.8 Å². The minimum Gasteiger partial charge on any atom is -0.482 e. The molecule has 3 aromatic rings. The molecule has 8 nitrogen and oxygen atoms in total. The van der Waals surface area contributed by atoms with Crippen molar-refractivity contribution in [2.75, 3.05) is 18.6 Å². The Labute approximate surface area is 208 Å². The largest absolute Gasteiger partial charge is 0.482 e. The lowest BCUT2D eigenvalue weighted by molar-refractivity contribution is -0.154. The number of fused-ring (bicyclic) bond motifs is 1. The SMILES string of the molecule is CC(c1ccc(Oc2cnc(C(=O)O)cn2)cc1Cl)C(c1ccc2c(c1)N(C)C(=O)CO2)C(F)(F)F. The molecule has 0 saturated carbocycles. The number of alkyl halides is 3. The maximum Gasteiger partial charge on any atom is 0.396 e. The van der Waals surface area contributed by atoms with Crippen LogP contribution in [0.4, 0.5) is 18.9 Å². The van der Waals surface area contributed by atoms with E-state index in [-0.39, 0.29) is 51.7 Å². The van der Waals surface area contributed by atoms with Gasteiger partial charge < -0.3 is 19.5 Å². The van der Waals surface area contributed by atoms with Crippen molar-refractivity contribution in [3.8, 4) is 17.4 Å². The van der Waals surface area contributed by atoms with Crippen LogP contribution in [0.15, 0.2) is 48.8 Å². The highest BCUT2D eigenvalue weighted by atomic mass is 35.5. The summed E-state index contributed by atoms with van der Waals surface area (Å²) in [5.74, 6) is -4.13. The summed E-state index contributed by atoms with van der Waals surface area (Å²) in [6, 6.07) is 8.28. The fourth-order valence-corrected chi connectivity index (χ4v) is 4.31. The predicted molar refractivity (Wildman–Crippen MR) is 123 cm³/mol. The summed E-state index contributed by atoms with van der Waals surface area (Å²) in [6.07, 6.45) is -2.50. The molecule has 188 valence electrons. The van der Waals surface area contributed by atoms with Crippen LogP contribution in [0.1, 0.15) is 40.4 Å². The number of carbonyl (C=O) groups excluding carboxylic acids is 1. The van der Waals surface area contributed by atoms with E-state index in [0.717, 1.165) is 12.4 Å². The van der Waals surface area contributed by atoms with Crippen LogP contribution in [0.2, 0.25) is 5.02 Å². The van der Waals surface area contributed by atoms with Crippen LogP contribution in [0, 0.1) is 0 Å². The molecule has 4 rings (SSSR count). The van der Waals surface area contributed by atoms with Gasteiger partial charge >= 0.3 is 12.1 Å². The van der Waals surface area contributed by atoms with E-state index in [1.54, 1.807) is 0 Å². The van der Waals surface area contributed by atoms with Crippen LogP contribution in [-0.2, 0) is 4.79 Å². The summed E-state index contributed by atoms with van der Waals surface area (Å²) in [4.78, 5) is 31.6. The average Bonchev–Trinajstić information content (AvgIpc) is 2.81. The molecule has 0 saturated heterocycles. The highest BCUT2D eigenvalue weighted by Crippen LogP contribution is 2.48. The molecule has 1 amide bonds. The molecule has 0 aliphatic carbocycles. The van der Waals surface area contributed by atoms with Gasteiger partial charge in [0.1, 0.15) is 11.5 Å². The zero-order chi connectivity index (χ0) is 26.2. The van der Waals surface area contributed by atoms with Crippen LogP contribution in [0.25, 0.3) is 0 Å². The molecule has 0 fully saturated rings. The third kappa shape index (κ3) is 5.06. The molecule has 1 aliphatic rings. The monoisotopic (exact) mass is 521 g/mol. The fourth-order valence-electron chi connectivity index (χ4n) is 3.96. The van der Waals surface area contributed by atoms with Gasteiger partial charge in [-0.2, -0.15) is 13.2 Å². The summed E-state index contributed by atoms with van der Waals surface area (Å²) in [6.45, 7) is 1.24. The van der Waals surface area contributed by atoms with Gasteiger partial charge in [0, 0.05) is 12.1 Å². The Bertz CT molecular complexity index is 1320. The number of carboxylic acids is 1. The molecule has 1 N–H and O–H groups in total. The number of halogens is 4. The number of aromatic nitrogens is 2. The Hall–Kier alpha value is -3.86. The summed E-state index contributed by atoms with van der Waals surface area (Å²) in [5.41, 5.74) is 0.184. The van der Waals surface area contributed by atoms with Crippen LogP contribution in [0.3, 0.4) is 0 Å². The van der Waals surface area contributed by atoms with E-state index in [4.69, 9.17) is 26.2 Å². The Morgan fingerprint density at radius 2 is 1.94 bits per heavy atom. The highest BCUT2D eigenvalue weighted by molar-refractivity contribution is 6.31. The van der Waals surface area contributed by atoms with Crippen LogP contribution in [0.5, 0.6) is 17.4 Å². The Kier molecular flexibility index (Phi) is 6.77. The maximum absolute atomic E-state index is 14.3. The van der Waals surface area contributed by atoms with E-state index in [1.165, 1.54) is 55.3 Å². The lowest BCUT2D eigenvalue weighted by Crippen LogP contribution is -2.35. The van der Waals surface area contributed by atoms with Crippen molar-refractivity contribution < 1.29 is 37.3 Å². The number of benzene rings is 2. The maximum atomic E-state index is 14.3. The molecule has 2 heterocycles. The second kappa shape index (κ2) is 9.65. The van der Waals surface area contributed by atoms with Crippen molar-refractivity contribution >= 4 is 29.2 Å². The van der Waals surface area contributed by atoms with Crippen molar-refractivity contribution in [2.45, 2.75) is 24.9 Å². The van der Waals surface area contributed by atoms with Crippen molar-refractivity contribution in [3.05, 3.63) is 70.6 Å². The molecule has 36 heavy (non-hydrogen) atoms. The standard InChI is InChI=1S/C24H19ClF3N3O5/c1-12(15-5-4-14(8-16(15)25)36-20-10-29-17(9-30-20)23(33)34)22(24(26,27)28)13-3-6-19-18(7-13)31(2)21(32)11-35-19/h3-10,12,22H,11H2,1-2H3,(H,33,34). The van der Waals surface area contributed by atoms with Gasteiger partial charge in [-0.1, -0.05) is 30.7 Å². The molecule has 2 unspecified atom stereocenters. The number of carboxylic acid groups (broad SMARTS) is 1. The lowest BCUT2D eigenvalue weighted by Gasteiger charge is -2.31. The first-order valence-corrected chi connectivity index (χ1v) is 11.0. The van der Waals surface area contributed by atoms with E-state index in [2.05, 4.69) is 9.97 Å². The van der Waals surface area contributed by atoms with Crippen LogP contribution < -0.4 is 14.4 Å². The van der Waals surface area contributed by atoms with Gasteiger partial charge in [-0.15, -0.1) is 0 Å². The summed E-state index contributed by atoms with van der Waals surface area (Å²) >= 11 is 6.36. The van der Waals surface area contributed by atoms with Crippen molar-refractivity contribution in [1.29, 1.82) is 0 Å². The normalized spacial score (nSPS) is 15.1. The van der Waals surface area contributed by atoms with Gasteiger partial charge in [-0.25, -0.2) is 14.8 Å². The summed E-state index contributed by atoms with van der Waals surface area (Å²) in [5, 5.41) is 8.93. The molecule has 0 bridgehead atoms. The third-order valence-electron chi connectivity index (χ3n) is 5.81. The number of carbonyl (C=O) groups is 2. The summed E-state index contributed by atoms with van der Waals surface area (Å²) < 4.78 is 53.7. The molecule has 1 aliphatic heterocycles. The smallest absolute Gasteiger partial charge is 0.396 e. The molecular formula is C24H19ClF3N3O5. The number of nitrogens with zero attached hydrogens (tertiary/aromatic N) is 3. The minimum atomic E-state index is -4.62. The first-order valence-electron chi connectivity index (χ1n) is 10.6. The van der Waals surface area contributed by atoms with Crippen molar-refractivity contribution in [3.63, 3.8) is 0 Å². The van der Waals surface area contributed by atoms with Crippen LogP contribution >= 0.6 is 11.6 Å². The van der Waals surface area contributed by atoms with Crippen molar-refractivity contribution in [1.82, 2.24) is 9.97 Å². The zero-order valence-corrected chi connectivity index (χ0v) is 19.7. The molecule has 0 radical (unpaired) electrons. The molecule has 1 aromatic heterocycles. The number of rotatable bonds is 6. The number of likely N-dealkylation sites (N-methyl/N-ethyl adjacent to an activating group) is 1. The van der Waals surface area contributed by atoms with Gasteiger partial charge in [0.05, 0.1) is 24.0 Å². The molecular weight excluding hydrogens is 503 g/mol.